The summed E-state index contributed by atoms with van der Waals surface area (Å²) in [5, 5.41) is 27.0. The van der Waals surface area contributed by atoms with E-state index in [0.29, 0.717) is 37.9 Å². The van der Waals surface area contributed by atoms with Crippen LogP contribution < -0.4 is 5.32 Å². The van der Waals surface area contributed by atoms with Gasteiger partial charge < -0.3 is 20.4 Å². The molecule has 3 aromatic carbocycles. The van der Waals surface area contributed by atoms with Crippen LogP contribution in [-0.4, -0.2) is 45.2 Å². The van der Waals surface area contributed by atoms with Gasteiger partial charge in [-0.1, -0.05) is 98.5 Å². The number of hydrogen-bond donors (Lipinski definition) is 3. The molecule has 0 aliphatic heterocycles. The highest BCUT2D eigenvalue weighted by Gasteiger charge is 2.57. The van der Waals surface area contributed by atoms with E-state index in [9.17, 15) is 19.8 Å². The van der Waals surface area contributed by atoms with Gasteiger partial charge in [0.15, 0.2) is 5.78 Å². The number of allylic oxidation sites excluding steroid dienone is 2. The summed E-state index contributed by atoms with van der Waals surface area (Å²) in [6.45, 7) is 4.86. The molecular formula is C43H54N2O4. The summed E-state index contributed by atoms with van der Waals surface area (Å²) in [6.07, 6.45) is 11.7. The molecule has 49 heavy (non-hydrogen) atoms. The van der Waals surface area contributed by atoms with Crippen LogP contribution in [0.3, 0.4) is 0 Å². The quantitative estimate of drug-likeness (QED) is 0.174. The lowest BCUT2D eigenvalue weighted by molar-refractivity contribution is -0.0773. The monoisotopic (exact) mass is 662 g/mol. The zero-order valence-corrected chi connectivity index (χ0v) is 29.4. The molecule has 3 aromatic rings. The van der Waals surface area contributed by atoms with Crippen molar-refractivity contribution in [2.45, 2.75) is 115 Å². The van der Waals surface area contributed by atoms with Crippen LogP contribution in [0, 0.1) is 11.3 Å². The summed E-state index contributed by atoms with van der Waals surface area (Å²) in [4.78, 5) is 30.1. The van der Waals surface area contributed by atoms with E-state index in [0.717, 1.165) is 67.2 Å². The Morgan fingerprint density at radius 1 is 0.898 bits per heavy atom. The standard InChI is InChI=1S/C43H54N2O4/c1-31-13-12-25-42(2)39(37-23-21-33(27-36(46)22-20-31)28-38(37)40(47)34-16-8-4-9-17-34)24-26-43(42,49)30-45(29-32-14-6-3-7-15-32)41(48)44-35-18-10-5-11-19-35/h3,5-7,10-11,13-15,18-19,21,23,28,34,36,39,46,49H,4,8-9,12,16-17,20,22,24-27,29-30H2,1-2H3,(H,44,48)/t36-,39-,42-,43+/m0/s1. The molecule has 3 N–H and O–H groups in total. The molecule has 7 rings (SSSR count). The van der Waals surface area contributed by atoms with Gasteiger partial charge in [0.2, 0.25) is 0 Å². The Labute approximate surface area is 292 Å². The first-order chi connectivity index (χ1) is 23.6. The molecule has 0 radical (unpaired) electrons. The first-order valence-electron chi connectivity index (χ1n) is 18.5. The van der Waals surface area contributed by atoms with Crippen LogP contribution in [0.5, 0.6) is 0 Å². The number of nitrogens with zero attached hydrogens (tertiary/aromatic N) is 1. The largest absolute Gasteiger partial charge is 0.393 e. The fraction of sp³-hybridized carbons (Fsp3) is 0.488. The molecule has 6 heteroatoms. The Kier molecular flexibility index (Phi) is 11.1. The summed E-state index contributed by atoms with van der Waals surface area (Å²) in [5.41, 5.74) is 3.94. The second kappa shape index (κ2) is 15.4. The number of aliphatic hydroxyl groups is 2. The van der Waals surface area contributed by atoms with E-state index in [4.69, 9.17) is 0 Å². The molecule has 2 amide bonds. The molecule has 2 saturated carbocycles. The first kappa shape index (κ1) is 35.1. The molecule has 6 nitrogen and oxygen atoms in total. The van der Waals surface area contributed by atoms with Crippen LogP contribution in [0.4, 0.5) is 10.5 Å². The van der Waals surface area contributed by atoms with Crippen molar-refractivity contribution in [2.75, 3.05) is 11.9 Å². The molecular weight excluding hydrogens is 608 g/mol. The normalized spacial score (nSPS) is 26.3. The van der Waals surface area contributed by atoms with Gasteiger partial charge in [0.25, 0.3) is 0 Å². The Bertz CT molecular complexity index is 1620. The lowest BCUT2D eigenvalue weighted by Gasteiger charge is -2.46. The topological polar surface area (TPSA) is 89.9 Å². The highest BCUT2D eigenvalue weighted by molar-refractivity contribution is 5.99. The molecule has 0 unspecified atom stereocenters. The molecule has 4 aliphatic carbocycles. The number of ketones is 1. The maximum atomic E-state index is 14.4. The number of para-hydroxylation sites is 1. The zero-order valence-electron chi connectivity index (χ0n) is 29.4. The number of rotatable bonds is 7. The molecule has 0 spiro atoms. The zero-order chi connectivity index (χ0) is 34.4. The lowest BCUT2D eigenvalue weighted by Crippen LogP contribution is -2.54. The molecule has 2 fully saturated rings. The fourth-order valence-electron chi connectivity index (χ4n) is 8.84. The summed E-state index contributed by atoms with van der Waals surface area (Å²) in [7, 11) is 0. The minimum atomic E-state index is -1.20. The van der Waals surface area contributed by atoms with Crippen molar-refractivity contribution >= 4 is 17.5 Å². The molecule has 0 aromatic heterocycles. The number of hydrogen-bond acceptors (Lipinski definition) is 4. The molecule has 4 atom stereocenters. The molecule has 2 bridgehead atoms. The number of carbonyl (C=O) groups excluding carboxylic acids is 2. The number of benzene rings is 3. The van der Waals surface area contributed by atoms with Crippen molar-refractivity contribution in [1.82, 2.24) is 4.90 Å². The molecule has 260 valence electrons. The van der Waals surface area contributed by atoms with E-state index < -0.39 is 17.1 Å². The van der Waals surface area contributed by atoms with Crippen molar-refractivity contribution in [3.63, 3.8) is 0 Å². The van der Waals surface area contributed by atoms with Gasteiger partial charge in [0.1, 0.15) is 0 Å². The molecule has 0 saturated heterocycles. The van der Waals surface area contributed by atoms with Crippen LogP contribution in [0.25, 0.3) is 0 Å². The SMILES string of the molecule is CC1=CCC[C@@]2(C)[C@@H](CC[C@@]2(O)CN(Cc2ccccc2)C(=O)Nc2ccccc2)c2ccc(cc2C(=O)C2CCCCC2)C[C@@H](O)CC1. The number of nitrogens with one attached hydrogen (secondary N) is 1. The third-order valence-corrected chi connectivity index (χ3v) is 11.9. The number of amides is 2. The molecule has 0 heterocycles. The van der Waals surface area contributed by atoms with Gasteiger partial charge in [-0.15, -0.1) is 0 Å². The Morgan fingerprint density at radius 2 is 1.61 bits per heavy atom. The Hall–Kier alpha value is -3.74. The average Bonchev–Trinajstić information content (AvgIpc) is 3.36. The predicted octanol–water partition coefficient (Wildman–Crippen LogP) is 9.22. The maximum absolute atomic E-state index is 14.4. The minimum Gasteiger partial charge on any atom is -0.393 e. The van der Waals surface area contributed by atoms with Gasteiger partial charge in [-0.25, -0.2) is 4.79 Å². The second-order valence-corrected chi connectivity index (χ2v) is 15.3. The van der Waals surface area contributed by atoms with Crippen molar-refractivity contribution < 1.29 is 19.8 Å². The first-order valence-corrected chi connectivity index (χ1v) is 18.5. The number of urea groups is 1. The van der Waals surface area contributed by atoms with Gasteiger partial charge in [-0.3, -0.25) is 4.79 Å². The number of carbonyl (C=O) groups is 2. The number of fused-ring (bicyclic) bond motifs is 8. The Morgan fingerprint density at radius 3 is 2.35 bits per heavy atom. The van der Waals surface area contributed by atoms with E-state index in [2.05, 4.69) is 43.4 Å². The smallest absolute Gasteiger partial charge is 0.322 e. The minimum absolute atomic E-state index is 0.0201. The highest BCUT2D eigenvalue weighted by Crippen LogP contribution is 2.59. The van der Waals surface area contributed by atoms with Crippen LogP contribution in [-0.2, 0) is 13.0 Å². The van der Waals surface area contributed by atoms with Gasteiger partial charge in [-0.2, -0.15) is 0 Å². The molecule has 4 aliphatic rings. The van der Waals surface area contributed by atoms with Crippen LogP contribution in [0.1, 0.15) is 117 Å². The van der Waals surface area contributed by atoms with Crippen molar-refractivity contribution in [1.29, 1.82) is 0 Å². The number of aliphatic hydroxyl groups excluding tert-OH is 1. The summed E-state index contributed by atoms with van der Waals surface area (Å²) in [6, 6.07) is 25.5. The van der Waals surface area contributed by atoms with Crippen molar-refractivity contribution in [3.05, 3.63) is 113 Å². The van der Waals surface area contributed by atoms with Gasteiger partial charge in [0.05, 0.1) is 18.2 Å². The Balaban J connectivity index is 1.39. The second-order valence-electron chi connectivity index (χ2n) is 15.3. The van der Waals surface area contributed by atoms with Crippen LogP contribution >= 0.6 is 0 Å². The maximum Gasteiger partial charge on any atom is 0.322 e. The number of Topliss-reactive ketones (excluding diaryl/α,β-unsaturated/α-hetero) is 1. The predicted molar refractivity (Wildman–Crippen MR) is 197 cm³/mol. The van der Waals surface area contributed by atoms with Crippen molar-refractivity contribution in [2.24, 2.45) is 11.3 Å². The van der Waals surface area contributed by atoms with Crippen LogP contribution in [0.2, 0.25) is 0 Å². The van der Waals surface area contributed by atoms with E-state index in [1.165, 1.54) is 12.0 Å². The third-order valence-electron chi connectivity index (χ3n) is 11.9. The number of anilines is 1. The van der Waals surface area contributed by atoms with Gasteiger partial charge in [-0.05, 0) is 106 Å². The van der Waals surface area contributed by atoms with E-state index in [1.807, 2.05) is 60.7 Å². The summed E-state index contributed by atoms with van der Waals surface area (Å²) in [5.74, 6) is 0.178. The van der Waals surface area contributed by atoms with E-state index in [1.54, 1.807) is 4.90 Å². The summed E-state index contributed by atoms with van der Waals surface area (Å²) >= 11 is 0. The van der Waals surface area contributed by atoms with E-state index in [-0.39, 0.29) is 30.2 Å². The fourth-order valence-corrected chi connectivity index (χ4v) is 8.84. The van der Waals surface area contributed by atoms with Gasteiger partial charge >= 0.3 is 6.03 Å². The lowest BCUT2D eigenvalue weighted by atomic mass is 9.64. The average molecular weight is 663 g/mol. The van der Waals surface area contributed by atoms with Crippen molar-refractivity contribution in [3.8, 4) is 0 Å². The summed E-state index contributed by atoms with van der Waals surface area (Å²) < 4.78 is 0. The third kappa shape index (κ3) is 8.02. The van der Waals surface area contributed by atoms with Gasteiger partial charge in [0, 0.05) is 29.1 Å². The highest BCUT2D eigenvalue weighted by atomic mass is 16.3. The van der Waals surface area contributed by atoms with E-state index >= 15 is 0 Å². The van der Waals surface area contributed by atoms with Crippen LogP contribution in [0.15, 0.2) is 90.5 Å².